The van der Waals surface area contributed by atoms with E-state index < -0.39 is 4.92 Å². The molecule has 0 spiro atoms. The van der Waals surface area contributed by atoms with Crippen molar-refractivity contribution >= 4 is 11.6 Å². The summed E-state index contributed by atoms with van der Waals surface area (Å²) in [4.78, 5) is 32.8. The number of nitrogens with zero attached hydrogens (tertiary/aromatic N) is 4. The van der Waals surface area contributed by atoms with Crippen molar-refractivity contribution in [2.75, 3.05) is 13.1 Å². The number of hydrogen-bond donors (Lipinski definition) is 0. The SMILES string of the molecule is O=C(c1ccccc1[N+](=O)[O-])N1CCCC(Oc2ncccn2)C1. The number of benzene rings is 1. The molecule has 0 bridgehead atoms. The number of nitro groups is 1. The van der Waals surface area contributed by atoms with Crippen LogP contribution < -0.4 is 4.74 Å². The number of carbonyl (C=O) groups excluding carboxylic acids is 1. The van der Waals surface area contributed by atoms with Crippen LogP contribution in [-0.2, 0) is 0 Å². The van der Waals surface area contributed by atoms with E-state index in [1.807, 2.05) is 0 Å². The van der Waals surface area contributed by atoms with Gasteiger partial charge in [-0.1, -0.05) is 12.1 Å². The van der Waals surface area contributed by atoms with Crippen LogP contribution in [0.4, 0.5) is 5.69 Å². The molecule has 2 heterocycles. The summed E-state index contributed by atoms with van der Waals surface area (Å²) in [6, 6.07) is 7.94. The molecule has 1 unspecified atom stereocenters. The highest BCUT2D eigenvalue weighted by atomic mass is 16.6. The molecule has 1 aliphatic rings. The fourth-order valence-corrected chi connectivity index (χ4v) is 2.70. The smallest absolute Gasteiger partial charge is 0.316 e. The highest BCUT2D eigenvalue weighted by molar-refractivity contribution is 5.98. The van der Waals surface area contributed by atoms with Gasteiger partial charge in [-0.05, 0) is 25.0 Å². The normalized spacial score (nSPS) is 17.3. The minimum absolute atomic E-state index is 0.0964. The Balaban J connectivity index is 1.73. The number of nitro benzene ring substituents is 1. The van der Waals surface area contributed by atoms with E-state index in [0.29, 0.717) is 13.1 Å². The summed E-state index contributed by atoms with van der Waals surface area (Å²) in [5, 5.41) is 11.1. The predicted octanol–water partition coefficient (Wildman–Crippen LogP) is 2.07. The zero-order valence-corrected chi connectivity index (χ0v) is 12.9. The molecule has 0 radical (unpaired) electrons. The van der Waals surface area contributed by atoms with Crippen molar-refractivity contribution < 1.29 is 14.5 Å². The molecule has 1 fully saturated rings. The first-order valence-electron chi connectivity index (χ1n) is 7.61. The average molecular weight is 328 g/mol. The lowest BCUT2D eigenvalue weighted by molar-refractivity contribution is -0.385. The second-order valence-corrected chi connectivity index (χ2v) is 5.44. The number of para-hydroxylation sites is 1. The van der Waals surface area contributed by atoms with Gasteiger partial charge in [0.05, 0.1) is 11.5 Å². The van der Waals surface area contributed by atoms with Gasteiger partial charge in [-0.25, -0.2) is 9.97 Å². The maximum Gasteiger partial charge on any atom is 0.316 e. The van der Waals surface area contributed by atoms with Crippen molar-refractivity contribution in [1.82, 2.24) is 14.9 Å². The molecule has 1 amide bonds. The monoisotopic (exact) mass is 328 g/mol. The largest absolute Gasteiger partial charge is 0.458 e. The van der Waals surface area contributed by atoms with Crippen LogP contribution in [0, 0.1) is 10.1 Å². The first-order chi connectivity index (χ1) is 11.6. The topological polar surface area (TPSA) is 98.5 Å². The number of ether oxygens (including phenoxy) is 1. The number of rotatable bonds is 4. The molecule has 3 rings (SSSR count). The Labute approximate surface area is 138 Å². The van der Waals surface area contributed by atoms with Gasteiger partial charge in [0.2, 0.25) is 0 Å². The Morgan fingerprint density at radius 2 is 2.00 bits per heavy atom. The maximum atomic E-state index is 12.7. The molecule has 1 aromatic carbocycles. The predicted molar refractivity (Wildman–Crippen MR) is 84.7 cm³/mol. The van der Waals surface area contributed by atoms with E-state index in [1.165, 1.54) is 12.1 Å². The molecule has 0 N–H and O–H groups in total. The quantitative estimate of drug-likeness (QED) is 0.629. The third kappa shape index (κ3) is 3.48. The molecule has 1 saturated heterocycles. The van der Waals surface area contributed by atoms with E-state index in [2.05, 4.69) is 9.97 Å². The number of amides is 1. The fourth-order valence-electron chi connectivity index (χ4n) is 2.70. The summed E-state index contributed by atoms with van der Waals surface area (Å²) in [5.74, 6) is -0.357. The van der Waals surface area contributed by atoms with Gasteiger partial charge in [0.25, 0.3) is 11.6 Å². The van der Waals surface area contributed by atoms with Crippen LogP contribution in [0.2, 0.25) is 0 Å². The molecule has 124 valence electrons. The molecule has 1 aliphatic heterocycles. The van der Waals surface area contributed by atoms with Gasteiger partial charge in [0.1, 0.15) is 11.7 Å². The van der Waals surface area contributed by atoms with E-state index in [-0.39, 0.29) is 29.3 Å². The Hall–Kier alpha value is -3.03. The van der Waals surface area contributed by atoms with Crippen LogP contribution in [0.5, 0.6) is 6.01 Å². The van der Waals surface area contributed by atoms with Crippen molar-refractivity contribution in [2.45, 2.75) is 18.9 Å². The summed E-state index contributed by atoms with van der Waals surface area (Å²) in [6.45, 7) is 0.892. The number of piperidine rings is 1. The van der Waals surface area contributed by atoms with Crippen LogP contribution in [0.1, 0.15) is 23.2 Å². The molecular weight excluding hydrogens is 312 g/mol. The highest BCUT2D eigenvalue weighted by Gasteiger charge is 2.29. The Morgan fingerprint density at radius 1 is 1.25 bits per heavy atom. The zero-order valence-electron chi connectivity index (χ0n) is 12.9. The molecule has 8 heteroatoms. The lowest BCUT2D eigenvalue weighted by Gasteiger charge is -2.32. The number of likely N-dealkylation sites (tertiary alicyclic amines) is 1. The van der Waals surface area contributed by atoms with Gasteiger partial charge in [0.15, 0.2) is 0 Å². The van der Waals surface area contributed by atoms with Crippen LogP contribution in [0.3, 0.4) is 0 Å². The van der Waals surface area contributed by atoms with Gasteiger partial charge in [-0.15, -0.1) is 0 Å². The van der Waals surface area contributed by atoms with E-state index >= 15 is 0 Å². The van der Waals surface area contributed by atoms with Gasteiger partial charge >= 0.3 is 6.01 Å². The van der Waals surface area contributed by atoms with E-state index in [1.54, 1.807) is 35.5 Å². The molecule has 24 heavy (non-hydrogen) atoms. The van der Waals surface area contributed by atoms with Crippen LogP contribution >= 0.6 is 0 Å². The van der Waals surface area contributed by atoms with Gasteiger partial charge in [-0.3, -0.25) is 14.9 Å². The van der Waals surface area contributed by atoms with Crippen LogP contribution in [0.15, 0.2) is 42.7 Å². The van der Waals surface area contributed by atoms with Crippen molar-refractivity contribution in [3.8, 4) is 6.01 Å². The van der Waals surface area contributed by atoms with Gasteiger partial charge in [0, 0.05) is 25.0 Å². The first-order valence-corrected chi connectivity index (χ1v) is 7.61. The standard InChI is InChI=1S/C16H16N4O4/c21-15(13-6-1-2-7-14(13)20(22)23)19-10-3-5-12(11-19)24-16-17-8-4-9-18-16/h1-2,4,6-9,12H,3,5,10-11H2. The van der Waals surface area contributed by atoms with Gasteiger partial charge in [-0.2, -0.15) is 0 Å². The molecule has 1 atom stereocenters. The second kappa shape index (κ2) is 7.03. The molecule has 8 nitrogen and oxygen atoms in total. The lowest BCUT2D eigenvalue weighted by atomic mass is 10.1. The van der Waals surface area contributed by atoms with Crippen LogP contribution in [0.25, 0.3) is 0 Å². The lowest BCUT2D eigenvalue weighted by Crippen LogP contribution is -2.44. The maximum absolute atomic E-state index is 12.7. The molecular formula is C16H16N4O4. The van der Waals surface area contributed by atoms with Crippen molar-refractivity contribution in [3.05, 3.63) is 58.4 Å². The summed E-state index contributed by atoms with van der Waals surface area (Å²) in [6.07, 6.45) is 4.47. The number of carbonyl (C=O) groups is 1. The minimum atomic E-state index is -0.539. The van der Waals surface area contributed by atoms with E-state index in [0.717, 1.165) is 12.8 Å². The number of hydrogen-bond acceptors (Lipinski definition) is 6. The number of aromatic nitrogens is 2. The third-order valence-electron chi connectivity index (χ3n) is 3.81. The van der Waals surface area contributed by atoms with Crippen molar-refractivity contribution in [2.24, 2.45) is 0 Å². The van der Waals surface area contributed by atoms with Crippen LogP contribution in [-0.4, -0.2) is 44.9 Å². The first kappa shape index (κ1) is 15.9. The third-order valence-corrected chi connectivity index (χ3v) is 3.81. The Bertz CT molecular complexity index is 738. The molecule has 0 aliphatic carbocycles. The molecule has 2 aromatic rings. The van der Waals surface area contributed by atoms with Gasteiger partial charge < -0.3 is 9.64 Å². The fraction of sp³-hybridized carbons (Fsp3) is 0.312. The summed E-state index contributed by atoms with van der Waals surface area (Å²) in [5.41, 5.74) is -0.0870. The van der Waals surface area contributed by atoms with E-state index in [4.69, 9.17) is 4.74 Å². The molecule has 0 saturated carbocycles. The van der Waals surface area contributed by atoms with E-state index in [9.17, 15) is 14.9 Å². The Morgan fingerprint density at radius 3 is 2.75 bits per heavy atom. The van der Waals surface area contributed by atoms with Crippen molar-refractivity contribution in [1.29, 1.82) is 0 Å². The average Bonchev–Trinajstić information content (AvgIpc) is 2.62. The van der Waals surface area contributed by atoms with Crippen molar-refractivity contribution in [3.63, 3.8) is 0 Å². The second-order valence-electron chi connectivity index (χ2n) is 5.44. The summed E-state index contributed by atoms with van der Waals surface area (Å²) >= 11 is 0. The zero-order chi connectivity index (χ0) is 16.9. The minimum Gasteiger partial charge on any atom is -0.458 e. The summed E-state index contributed by atoms with van der Waals surface area (Å²) < 4.78 is 5.70. The summed E-state index contributed by atoms with van der Waals surface area (Å²) in [7, 11) is 0. The highest BCUT2D eigenvalue weighted by Crippen LogP contribution is 2.22. The molecule has 1 aromatic heterocycles. The Kier molecular flexibility index (Phi) is 4.64.